The summed E-state index contributed by atoms with van der Waals surface area (Å²) in [7, 11) is 1.52. The summed E-state index contributed by atoms with van der Waals surface area (Å²) in [6.07, 6.45) is 0. The number of hydrogen-bond donors (Lipinski definition) is 2. The molecule has 0 saturated heterocycles. The molecular weight excluding hydrogens is 270 g/mol. The van der Waals surface area contributed by atoms with Crippen molar-refractivity contribution in [3.05, 3.63) is 24.3 Å². The lowest BCUT2D eigenvalue weighted by Gasteiger charge is -2.25. The van der Waals surface area contributed by atoms with Gasteiger partial charge in [-0.25, -0.2) is 4.79 Å². The van der Waals surface area contributed by atoms with Gasteiger partial charge in [0, 0.05) is 18.8 Å². The highest BCUT2D eigenvalue weighted by molar-refractivity contribution is 5.89. The first kappa shape index (κ1) is 16.2. The van der Waals surface area contributed by atoms with Crippen LogP contribution in [0.15, 0.2) is 24.3 Å². The molecule has 0 spiro atoms. The largest absolute Gasteiger partial charge is 0.435 e. The normalized spacial score (nSPS) is 11.3. The summed E-state index contributed by atoms with van der Waals surface area (Å²) < 4.78 is 28.4. The van der Waals surface area contributed by atoms with Crippen LogP contribution in [0.2, 0.25) is 0 Å². The minimum atomic E-state index is -2.92. The maximum absolute atomic E-state index is 12.1. The lowest BCUT2D eigenvalue weighted by atomic mass is 10.1. The van der Waals surface area contributed by atoms with Gasteiger partial charge in [0.25, 0.3) is 0 Å². The van der Waals surface area contributed by atoms with Crippen LogP contribution in [0, 0.1) is 0 Å². The fourth-order valence-electron chi connectivity index (χ4n) is 1.62. The molecule has 0 radical (unpaired) electrons. The fourth-order valence-corrected chi connectivity index (χ4v) is 1.62. The van der Waals surface area contributed by atoms with Gasteiger partial charge in [0.2, 0.25) is 0 Å². The second-order valence-corrected chi connectivity index (χ2v) is 5.00. The zero-order valence-corrected chi connectivity index (χ0v) is 11.6. The second kappa shape index (κ2) is 6.51. The highest BCUT2D eigenvalue weighted by Gasteiger charge is 2.19. The molecule has 0 aliphatic carbocycles. The Morgan fingerprint density at radius 3 is 2.70 bits per heavy atom. The Morgan fingerprint density at radius 1 is 1.50 bits per heavy atom. The van der Waals surface area contributed by atoms with E-state index in [0.29, 0.717) is 5.69 Å². The first-order chi connectivity index (χ1) is 9.17. The maximum atomic E-state index is 12.1. The van der Waals surface area contributed by atoms with Crippen LogP contribution < -0.4 is 10.1 Å². The number of carbonyl (C=O) groups excluding carboxylic acids is 1. The number of aliphatic hydroxyl groups is 1. The van der Waals surface area contributed by atoms with E-state index in [1.807, 2.05) is 0 Å². The minimum absolute atomic E-state index is 0.0389. The van der Waals surface area contributed by atoms with E-state index in [1.165, 1.54) is 30.1 Å². The van der Waals surface area contributed by atoms with Crippen molar-refractivity contribution in [2.24, 2.45) is 0 Å². The zero-order chi connectivity index (χ0) is 15.3. The molecule has 2 N–H and O–H groups in total. The molecule has 1 aromatic rings. The molecule has 0 bridgehead atoms. The van der Waals surface area contributed by atoms with Crippen molar-refractivity contribution >= 4 is 11.7 Å². The number of halogens is 2. The van der Waals surface area contributed by atoms with E-state index in [4.69, 9.17) is 0 Å². The number of nitrogens with one attached hydrogen (secondary N) is 1. The summed E-state index contributed by atoms with van der Waals surface area (Å²) in [5.74, 6) is -0.0389. The number of alkyl halides is 2. The molecule has 0 aliphatic heterocycles. The Morgan fingerprint density at radius 2 is 2.15 bits per heavy atom. The van der Waals surface area contributed by atoms with Crippen molar-refractivity contribution in [3.8, 4) is 5.75 Å². The summed E-state index contributed by atoms with van der Waals surface area (Å²) >= 11 is 0. The Hall–Kier alpha value is -1.89. The average Bonchev–Trinajstić information content (AvgIpc) is 2.26. The highest BCUT2D eigenvalue weighted by Crippen LogP contribution is 2.19. The van der Waals surface area contributed by atoms with Crippen molar-refractivity contribution < 1.29 is 23.4 Å². The minimum Gasteiger partial charge on any atom is -0.435 e. The standard InChI is InChI=1S/C13H18F2N2O3/c1-13(2,19)8-17(3)12(18)16-9-5-4-6-10(7-9)20-11(14)15/h4-7,11,19H,8H2,1-3H3,(H,16,18). The van der Waals surface area contributed by atoms with Crippen molar-refractivity contribution in [1.29, 1.82) is 0 Å². The molecule has 1 aromatic carbocycles. The maximum Gasteiger partial charge on any atom is 0.387 e. The molecule has 112 valence electrons. The van der Waals surface area contributed by atoms with E-state index in [9.17, 15) is 18.7 Å². The van der Waals surface area contributed by atoms with Crippen LogP contribution in [0.5, 0.6) is 5.75 Å². The van der Waals surface area contributed by atoms with Crippen molar-refractivity contribution in [3.63, 3.8) is 0 Å². The van der Waals surface area contributed by atoms with Crippen LogP contribution in [0.4, 0.5) is 19.3 Å². The Kier molecular flexibility index (Phi) is 5.26. The number of amides is 2. The van der Waals surface area contributed by atoms with Crippen LogP contribution in [0.1, 0.15) is 13.8 Å². The number of hydrogen-bond acceptors (Lipinski definition) is 3. The lowest BCUT2D eigenvalue weighted by Crippen LogP contribution is -2.41. The molecule has 0 aromatic heterocycles. The van der Waals surface area contributed by atoms with Gasteiger partial charge in [0.15, 0.2) is 0 Å². The summed E-state index contributed by atoms with van der Waals surface area (Å²) in [6, 6.07) is 5.24. The third-order valence-corrected chi connectivity index (χ3v) is 2.28. The molecule has 2 amide bonds. The van der Waals surface area contributed by atoms with Crippen molar-refractivity contribution in [1.82, 2.24) is 4.90 Å². The number of anilines is 1. The number of likely N-dealkylation sites (N-methyl/N-ethyl adjacent to an activating group) is 1. The molecule has 20 heavy (non-hydrogen) atoms. The summed E-state index contributed by atoms with van der Waals surface area (Å²) in [5.41, 5.74) is -0.692. The van der Waals surface area contributed by atoms with Gasteiger partial charge >= 0.3 is 12.6 Å². The molecule has 5 nitrogen and oxygen atoms in total. The number of nitrogens with zero attached hydrogens (tertiary/aromatic N) is 1. The third-order valence-electron chi connectivity index (χ3n) is 2.28. The average molecular weight is 288 g/mol. The van der Waals surface area contributed by atoms with Crippen molar-refractivity contribution in [2.45, 2.75) is 26.1 Å². The predicted octanol–water partition coefficient (Wildman–Crippen LogP) is 2.52. The molecule has 0 atom stereocenters. The van der Waals surface area contributed by atoms with Crippen LogP contribution in [0.3, 0.4) is 0 Å². The monoisotopic (exact) mass is 288 g/mol. The first-order valence-corrected chi connectivity index (χ1v) is 5.97. The topological polar surface area (TPSA) is 61.8 Å². The van der Waals surface area contributed by atoms with Gasteiger partial charge in [-0.3, -0.25) is 0 Å². The van der Waals surface area contributed by atoms with E-state index in [1.54, 1.807) is 19.9 Å². The molecule has 0 saturated carbocycles. The predicted molar refractivity (Wildman–Crippen MR) is 71.0 cm³/mol. The third kappa shape index (κ3) is 5.83. The SMILES string of the molecule is CN(CC(C)(C)O)C(=O)Nc1cccc(OC(F)F)c1. The second-order valence-electron chi connectivity index (χ2n) is 5.00. The molecule has 0 fully saturated rings. The van der Waals surface area contributed by atoms with Crippen LogP contribution in [0.25, 0.3) is 0 Å². The lowest BCUT2D eigenvalue weighted by molar-refractivity contribution is -0.0498. The number of ether oxygens (including phenoxy) is 1. The van der Waals surface area contributed by atoms with E-state index >= 15 is 0 Å². The van der Waals surface area contributed by atoms with Gasteiger partial charge in [-0.1, -0.05) is 6.07 Å². The molecule has 0 heterocycles. The Labute approximate surface area is 116 Å². The van der Waals surface area contributed by atoms with Crippen molar-refractivity contribution in [2.75, 3.05) is 18.9 Å². The van der Waals surface area contributed by atoms with Gasteiger partial charge in [-0.05, 0) is 26.0 Å². The highest BCUT2D eigenvalue weighted by atomic mass is 19.3. The van der Waals surface area contributed by atoms with Gasteiger partial charge in [0.05, 0.1) is 12.1 Å². The smallest absolute Gasteiger partial charge is 0.387 e. The van der Waals surface area contributed by atoms with Gasteiger partial charge in [0.1, 0.15) is 5.75 Å². The molecular formula is C13H18F2N2O3. The zero-order valence-electron chi connectivity index (χ0n) is 11.6. The van der Waals surface area contributed by atoms with Gasteiger partial charge in [-0.2, -0.15) is 8.78 Å². The Bertz CT molecular complexity index is 461. The van der Waals surface area contributed by atoms with E-state index in [-0.39, 0.29) is 12.3 Å². The summed E-state index contributed by atoms with van der Waals surface area (Å²) in [6.45, 7) is 0.368. The molecule has 0 aliphatic rings. The molecule has 0 unspecified atom stereocenters. The van der Waals surface area contributed by atoms with Crippen LogP contribution in [-0.4, -0.2) is 41.8 Å². The van der Waals surface area contributed by atoms with Gasteiger partial charge < -0.3 is 20.1 Å². The number of urea groups is 1. The quantitative estimate of drug-likeness (QED) is 0.875. The fraction of sp³-hybridized carbons (Fsp3) is 0.462. The summed E-state index contributed by atoms with van der Waals surface area (Å²) in [5, 5.41) is 12.2. The van der Waals surface area contributed by atoms with Gasteiger partial charge in [-0.15, -0.1) is 0 Å². The van der Waals surface area contributed by atoms with E-state index in [2.05, 4.69) is 10.1 Å². The number of benzene rings is 1. The number of rotatable bonds is 5. The first-order valence-electron chi connectivity index (χ1n) is 5.97. The summed E-state index contributed by atoms with van der Waals surface area (Å²) in [4.78, 5) is 13.1. The number of carbonyl (C=O) groups is 1. The Balaban J connectivity index is 2.66. The van der Waals surface area contributed by atoms with E-state index in [0.717, 1.165) is 0 Å². The van der Waals surface area contributed by atoms with Crippen LogP contribution >= 0.6 is 0 Å². The van der Waals surface area contributed by atoms with E-state index < -0.39 is 18.2 Å². The van der Waals surface area contributed by atoms with Crippen LogP contribution in [-0.2, 0) is 0 Å². The molecule has 1 rings (SSSR count). The molecule has 7 heteroatoms.